The van der Waals surface area contributed by atoms with Crippen molar-refractivity contribution < 1.29 is 14.5 Å². The van der Waals surface area contributed by atoms with Crippen molar-refractivity contribution in [3.8, 4) is 5.75 Å². The van der Waals surface area contributed by atoms with Crippen molar-refractivity contribution in [3.05, 3.63) is 118 Å². The summed E-state index contributed by atoms with van der Waals surface area (Å²) in [4.78, 5) is 22.6. The monoisotopic (exact) mass is 439 g/mol. The van der Waals surface area contributed by atoms with E-state index in [2.05, 4.69) is 10.5 Å². The van der Waals surface area contributed by atoms with Crippen molar-refractivity contribution in [2.45, 2.75) is 13.0 Å². The van der Waals surface area contributed by atoms with Gasteiger partial charge in [-0.3, -0.25) is 14.9 Å². The summed E-state index contributed by atoms with van der Waals surface area (Å²) in [5.74, 6) is 0.424. The average Bonchev–Trinajstić information content (AvgIpc) is 2.83. The maximum atomic E-state index is 12.3. The molecule has 4 aromatic carbocycles. The second-order valence-electron chi connectivity index (χ2n) is 7.39. The van der Waals surface area contributed by atoms with Gasteiger partial charge in [0.15, 0.2) is 0 Å². The van der Waals surface area contributed by atoms with Crippen LogP contribution in [0.4, 0.5) is 5.69 Å². The highest BCUT2D eigenvalue weighted by molar-refractivity contribution is 5.90. The van der Waals surface area contributed by atoms with Crippen molar-refractivity contribution in [1.82, 2.24) is 5.43 Å². The van der Waals surface area contributed by atoms with E-state index in [1.807, 2.05) is 60.7 Å². The zero-order chi connectivity index (χ0) is 23.0. The number of hydrogen-bond donors (Lipinski definition) is 1. The number of amides is 1. The molecule has 164 valence electrons. The van der Waals surface area contributed by atoms with Gasteiger partial charge in [-0.1, -0.05) is 54.6 Å². The van der Waals surface area contributed by atoms with E-state index < -0.39 is 4.92 Å². The van der Waals surface area contributed by atoms with Gasteiger partial charge < -0.3 is 4.74 Å². The Labute approximate surface area is 190 Å². The third-order valence-corrected chi connectivity index (χ3v) is 5.04. The van der Waals surface area contributed by atoms with Gasteiger partial charge in [0.05, 0.1) is 17.6 Å². The molecule has 0 aliphatic carbocycles. The number of carbonyl (C=O) groups is 1. The first-order valence-corrected chi connectivity index (χ1v) is 10.3. The highest BCUT2D eigenvalue weighted by atomic mass is 16.6. The maximum Gasteiger partial charge on any atom is 0.269 e. The van der Waals surface area contributed by atoms with Crippen molar-refractivity contribution in [1.29, 1.82) is 0 Å². The minimum absolute atomic E-state index is 0.0412. The Kier molecular flexibility index (Phi) is 6.70. The summed E-state index contributed by atoms with van der Waals surface area (Å²) >= 11 is 0. The lowest BCUT2D eigenvalue weighted by Gasteiger charge is -2.07. The Morgan fingerprint density at radius 2 is 1.73 bits per heavy atom. The molecule has 0 atom stereocenters. The van der Waals surface area contributed by atoms with E-state index in [1.165, 1.54) is 12.1 Å². The number of benzene rings is 4. The number of hydrogen-bond acceptors (Lipinski definition) is 5. The topological polar surface area (TPSA) is 93.8 Å². The van der Waals surface area contributed by atoms with Gasteiger partial charge in [-0.15, -0.1) is 0 Å². The fraction of sp³-hybridized carbons (Fsp3) is 0.0769. The molecule has 1 N–H and O–H groups in total. The molecular weight excluding hydrogens is 418 g/mol. The molecule has 4 aromatic rings. The summed E-state index contributed by atoms with van der Waals surface area (Å²) in [5, 5.41) is 16.9. The van der Waals surface area contributed by atoms with Crippen LogP contribution in [0.1, 0.15) is 16.7 Å². The number of non-ortho nitro benzene ring substituents is 1. The summed E-state index contributed by atoms with van der Waals surface area (Å²) in [5.41, 5.74) is 5.14. The Bertz CT molecular complexity index is 1310. The number of ether oxygens (including phenoxy) is 1. The molecule has 1 amide bonds. The molecular formula is C26H21N3O4. The number of fused-ring (bicyclic) bond motifs is 1. The van der Waals surface area contributed by atoms with Gasteiger partial charge in [0, 0.05) is 12.1 Å². The minimum atomic E-state index is -0.436. The van der Waals surface area contributed by atoms with Crippen molar-refractivity contribution in [2.75, 3.05) is 0 Å². The third-order valence-electron chi connectivity index (χ3n) is 5.04. The van der Waals surface area contributed by atoms with Crippen LogP contribution >= 0.6 is 0 Å². The van der Waals surface area contributed by atoms with E-state index in [9.17, 15) is 14.9 Å². The summed E-state index contributed by atoms with van der Waals surface area (Å²) in [6.45, 7) is 0.278. The van der Waals surface area contributed by atoms with Crippen LogP contribution in [0.3, 0.4) is 0 Å². The van der Waals surface area contributed by atoms with E-state index in [0.717, 1.165) is 27.5 Å². The zero-order valence-corrected chi connectivity index (χ0v) is 17.7. The van der Waals surface area contributed by atoms with E-state index in [1.54, 1.807) is 24.4 Å². The molecule has 7 nitrogen and oxygen atoms in total. The fourth-order valence-corrected chi connectivity index (χ4v) is 3.40. The van der Waals surface area contributed by atoms with Gasteiger partial charge in [0.1, 0.15) is 12.4 Å². The van der Waals surface area contributed by atoms with E-state index in [-0.39, 0.29) is 24.6 Å². The predicted octanol–water partition coefficient (Wildman–Crippen LogP) is 5.02. The third kappa shape index (κ3) is 5.80. The number of rotatable bonds is 8. The summed E-state index contributed by atoms with van der Waals surface area (Å²) in [6, 6.07) is 27.3. The van der Waals surface area contributed by atoms with Gasteiger partial charge in [-0.25, -0.2) is 5.43 Å². The van der Waals surface area contributed by atoms with Gasteiger partial charge in [-0.2, -0.15) is 5.10 Å². The van der Waals surface area contributed by atoms with Gasteiger partial charge in [-0.05, 0) is 51.7 Å². The molecule has 0 radical (unpaired) electrons. The van der Waals surface area contributed by atoms with Gasteiger partial charge in [0.2, 0.25) is 5.91 Å². The number of carbonyl (C=O) groups excluding carboxylic acids is 1. The fourth-order valence-electron chi connectivity index (χ4n) is 3.40. The Morgan fingerprint density at radius 1 is 0.970 bits per heavy atom. The molecule has 0 aliphatic rings. The summed E-state index contributed by atoms with van der Waals surface area (Å²) in [7, 11) is 0. The second kappa shape index (κ2) is 10.2. The first kappa shape index (κ1) is 21.7. The van der Waals surface area contributed by atoms with E-state index in [0.29, 0.717) is 5.75 Å². The molecule has 0 spiro atoms. The molecule has 0 heterocycles. The number of hydrazone groups is 1. The van der Waals surface area contributed by atoms with Crippen molar-refractivity contribution in [2.24, 2.45) is 5.10 Å². The molecule has 0 aliphatic heterocycles. The van der Waals surface area contributed by atoms with Crippen LogP contribution in [-0.2, 0) is 17.8 Å². The van der Waals surface area contributed by atoms with Crippen LogP contribution in [0.2, 0.25) is 0 Å². The standard InChI is InChI=1S/C26H21N3O4/c30-26(16-22-8-4-7-21-6-1-2-10-25(21)22)28-27-17-20-5-3-9-24(15-20)33-18-19-11-13-23(14-12-19)29(31)32/h1-15,17H,16,18H2,(H,28,30)/b27-17-. The highest BCUT2D eigenvalue weighted by Gasteiger charge is 2.06. The second-order valence-corrected chi connectivity index (χ2v) is 7.39. The van der Waals surface area contributed by atoms with Gasteiger partial charge >= 0.3 is 0 Å². The zero-order valence-electron chi connectivity index (χ0n) is 17.7. The van der Waals surface area contributed by atoms with Crippen LogP contribution in [0.25, 0.3) is 10.8 Å². The Morgan fingerprint density at radius 3 is 2.55 bits per heavy atom. The highest BCUT2D eigenvalue weighted by Crippen LogP contribution is 2.19. The largest absolute Gasteiger partial charge is 0.489 e. The maximum absolute atomic E-state index is 12.3. The molecule has 33 heavy (non-hydrogen) atoms. The molecule has 7 heteroatoms. The lowest BCUT2D eigenvalue weighted by atomic mass is 10.0. The SMILES string of the molecule is O=C(Cc1cccc2ccccc12)N/N=C\c1cccc(OCc2ccc([N+](=O)[O-])cc2)c1. The average molecular weight is 439 g/mol. The molecule has 0 saturated heterocycles. The normalized spacial score (nSPS) is 10.9. The lowest BCUT2D eigenvalue weighted by Crippen LogP contribution is -2.19. The number of nitrogens with zero attached hydrogens (tertiary/aromatic N) is 2. The quantitative estimate of drug-likeness (QED) is 0.237. The van der Waals surface area contributed by atoms with Crippen LogP contribution < -0.4 is 10.2 Å². The lowest BCUT2D eigenvalue weighted by molar-refractivity contribution is -0.384. The molecule has 0 fully saturated rings. The Hall–Kier alpha value is -4.52. The van der Waals surface area contributed by atoms with Crippen LogP contribution in [0, 0.1) is 10.1 Å². The number of nitro benzene ring substituents is 1. The van der Waals surface area contributed by atoms with E-state index in [4.69, 9.17) is 4.74 Å². The number of nitro groups is 1. The van der Waals surface area contributed by atoms with Crippen LogP contribution in [0.5, 0.6) is 5.75 Å². The summed E-state index contributed by atoms with van der Waals surface area (Å²) in [6.07, 6.45) is 1.79. The molecule has 0 unspecified atom stereocenters. The molecule has 0 bridgehead atoms. The van der Waals surface area contributed by atoms with Crippen molar-refractivity contribution in [3.63, 3.8) is 0 Å². The minimum Gasteiger partial charge on any atom is -0.489 e. The van der Waals surface area contributed by atoms with Crippen molar-refractivity contribution >= 4 is 28.6 Å². The smallest absolute Gasteiger partial charge is 0.269 e. The molecule has 0 aromatic heterocycles. The molecule has 4 rings (SSSR count). The summed E-state index contributed by atoms with van der Waals surface area (Å²) < 4.78 is 5.76. The Balaban J connectivity index is 1.32. The predicted molar refractivity (Wildman–Crippen MR) is 127 cm³/mol. The molecule has 0 saturated carbocycles. The number of nitrogens with one attached hydrogen (secondary N) is 1. The van der Waals surface area contributed by atoms with Crippen LogP contribution in [-0.4, -0.2) is 17.0 Å². The first-order valence-electron chi connectivity index (χ1n) is 10.3. The van der Waals surface area contributed by atoms with Gasteiger partial charge in [0.25, 0.3) is 5.69 Å². The van der Waals surface area contributed by atoms with Crippen LogP contribution in [0.15, 0.2) is 96.1 Å². The van der Waals surface area contributed by atoms with E-state index >= 15 is 0 Å². The first-order chi connectivity index (χ1) is 16.1.